The van der Waals surface area contributed by atoms with Crippen molar-refractivity contribution in [2.24, 2.45) is 0 Å². The zero-order chi connectivity index (χ0) is 18.7. The molecule has 0 bridgehead atoms. The first kappa shape index (κ1) is 17.8. The van der Waals surface area contributed by atoms with Crippen LogP contribution in [-0.2, 0) is 0 Å². The third-order valence-corrected chi connectivity index (χ3v) is 10.7. The van der Waals surface area contributed by atoms with Gasteiger partial charge in [-0.15, -0.1) is 0 Å². The topological polar surface area (TPSA) is 0 Å². The predicted octanol–water partition coefficient (Wildman–Crippen LogP) is 4.67. The van der Waals surface area contributed by atoms with Gasteiger partial charge in [0.1, 0.15) is 0 Å². The maximum atomic E-state index is 2.42. The minimum absolute atomic E-state index is 1.06. The molecule has 3 aromatic rings. The van der Waals surface area contributed by atoms with Crippen LogP contribution in [0.2, 0.25) is 0 Å². The van der Waals surface area contributed by atoms with Crippen molar-refractivity contribution in [3.63, 3.8) is 0 Å². The summed E-state index contributed by atoms with van der Waals surface area (Å²) >= 11 is 0. The van der Waals surface area contributed by atoms with E-state index in [1.165, 1.54) is 26.7 Å². The second-order valence-corrected chi connectivity index (χ2v) is 11.2. The molecule has 0 saturated heterocycles. The Morgan fingerprint density at radius 3 is 1.89 bits per heavy atom. The Morgan fingerprint density at radius 2 is 1.33 bits per heavy atom. The number of hydrogen-bond acceptors (Lipinski definition) is 0. The largest absolute Gasteiger partial charge is 0.176 e. The molecule has 0 N–H and O–H groups in total. The summed E-state index contributed by atoms with van der Waals surface area (Å²) in [6, 6.07) is 31.7. The zero-order valence-electron chi connectivity index (χ0n) is 16.2. The molecule has 134 valence electrons. The SMILES string of the molecule is CCC1=C([Si](c2ccccc2)(c2ccccc2)c2cccc(C)c2)CC=C1. The Morgan fingerprint density at radius 1 is 0.741 bits per heavy atom. The van der Waals surface area contributed by atoms with Gasteiger partial charge in [0.2, 0.25) is 0 Å². The molecule has 27 heavy (non-hydrogen) atoms. The molecule has 3 aromatic carbocycles. The molecule has 0 radical (unpaired) electrons. The summed E-state index contributed by atoms with van der Waals surface area (Å²) in [5.41, 5.74) is 2.86. The summed E-state index contributed by atoms with van der Waals surface area (Å²) in [7, 11) is -2.29. The van der Waals surface area contributed by atoms with Gasteiger partial charge in [0, 0.05) is 0 Å². The van der Waals surface area contributed by atoms with Crippen LogP contribution >= 0.6 is 0 Å². The van der Waals surface area contributed by atoms with E-state index in [1.54, 1.807) is 5.20 Å². The second-order valence-electron chi connectivity index (χ2n) is 7.32. The molecule has 1 heteroatoms. The number of aryl methyl sites for hydroxylation is 1. The van der Waals surface area contributed by atoms with E-state index < -0.39 is 8.07 Å². The van der Waals surface area contributed by atoms with E-state index in [0.717, 1.165) is 12.8 Å². The summed E-state index contributed by atoms with van der Waals surface area (Å²) in [6.45, 7) is 4.50. The lowest BCUT2D eigenvalue weighted by molar-refractivity contribution is 1.14. The Kier molecular flexibility index (Phi) is 4.96. The van der Waals surface area contributed by atoms with E-state index in [1.807, 2.05) is 0 Å². The highest BCUT2D eigenvalue weighted by Crippen LogP contribution is 2.30. The van der Waals surface area contributed by atoms with Gasteiger partial charge in [0.05, 0.1) is 0 Å². The van der Waals surface area contributed by atoms with Gasteiger partial charge in [-0.3, -0.25) is 0 Å². The fraction of sp³-hybridized carbons (Fsp3) is 0.154. The average Bonchev–Trinajstić information content (AvgIpc) is 3.20. The monoisotopic (exact) mass is 366 g/mol. The lowest BCUT2D eigenvalue weighted by Crippen LogP contribution is -2.68. The summed E-state index contributed by atoms with van der Waals surface area (Å²) in [5.74, 6) is 0. The molecule has 1 aliphatic carbocycles. The van der Waals surface area contributed by atoms with Crippen molar-refractivity contribution in [3.05, 3.63) is 113 Å². The third-order valence-electron chi connectivity index (χ3n) is 5.73. The molecule has 0 atom stereocenters. The van der Waals surface area contributed by atoms with Gasteiger partial charge in [0.15, 0.2) is 8.07 Å². The van der Waals surface area contributed by atoms with Crippen molar-refractivity contribution in [2.45, 2.75) is 26.7 Å². The van der Waals surface area contributed by atoms with Gasteiger partial charge in [-0.2, -0.15) is 0 Å². The first-order chi connectivity index (χ1) is 13.3. The van der Waals surface area contributed by atoms with Crippen molar-refractivity contribution in [1.29, 1.82) is 0 Å². The molecule has 0 fully saturated rings. The van der Waals surface area contributed by atoms with E-state index in [-0.39, 0.29) is 0 Å². The van der Waals surface area contributed by atoms with Gasteiger partial charge in [-0.25, -0.2) is 0 Å². The maximum absolute atomic E-state index is 2.42. The fourth-order valence-electron chi connectivity index (χ4n) is 4.55. The Bertz CT molecular complexity index is 941. The van der Waals surface area contributed by atoms with E-state index in [4.69, 9.17) is 0 Å². The molecule has 1 aliphatic rings. The van der Waals surface area contributed by atoms with Crippen LogP contribution in [-0.4, -0.2) is 8.07 Å². The lowest BCUT2D eigenvalue weighted by Gasteiger charge is -2.36. The van der Waals surface area contributed by atoms with E-state index >= 15 is 0 Å². The summed E-state index contributed by atoms with van der Waals surface area (Å²) in [6.07, 6.45) is 6.87. The van der Waals surface area contributed by atoms with Crippen molar-refractivity contribution in [1.82, 2.24) is 0 Å². The molecule has 0 unspecified atom stereocenters. The Hall–Kier alpha value is -2.64. The standard InChI is InChI=1S/C26H26Si/c1-3-22-13-11-19-26(22)27(23-14-6-4-7-15-23,24-16-8-5-9-17-24)25-18-10-12-21(2)20-25/h4-18,20H,3,19H2,1-2H3. The van der Waals surface area contributed by atoms with E-state index in [9.17, 15) is 0 Å². The predicted molar refractivity (Wildman–Crippen MR) is 120 cm³/mol. The highest BCUT2D eigenvalue weighted by molar-refractivity contribution is 7.16. The van der Waals surface area contributed by atoms with Crippen molar-refractivity contribution >= 4 is 23.6 Å². The third kappa shape index (κ3) is 3.02. The first-order valence-corrected chi connectivity index (χ1v) is 11.8. The molecule has 0 nitrogen and oxygen atoms in total. The smallest absolute Gasteiger partial charge is 0.0805 e. The summed E-state index contributed by atoms with van der Waals surface area (Å²) in [5, 5.41) is 6.09. The molecule has 4 rings (SSSR count). The van der Waals surface area contributed by atoms with Gasteiger partial charge in [-0.05, 0) is 35.3 Å². The van der Waals surface area contributed by atoms with E-state index in [0.29, 0.717) is 0 Å². The highest BCUT2D eigenvalue weighted by Gasteiger charge is 2.44. The molecular formula is C26H26Si. The first-order valence-electron chi connectivity index (χ1n) is 9.84. The lowest BCUT2D eigenvalue weighted by atomic mass is 10.2. The maximum Gasteiger partial charge on any atom is 0.176 e. The van der Waals surface area contributed by atoms with E-state index in [2.05, 4.69) is 111 Å². The van der Waals surface area contributed by atoms with Crippen LogP contribution in [0.15, 0.2) is 108 Å². The molecule has 0 aromatic heterocycles. The normalized spacial score (nSPS) is 14.0. The van der Waals surface area contributed by atoms with Crippen LogP contribution < -0.4 is 15.6 Å². The summed E-state index contributed by atoms with van der Waals surface area (Å²) in [4.78, 5) is 0. The quantitative estimate of drug-likeness (QED) is 0.455. The Labute approximate surface area is 163 Å². The van der Waals surface area contributed by atoms with Crippen LogP contribution in [0, 0.1) is 6.92 Å². The minimum atomic E-state index is -2.29. The van der Waals surface area contributed by atoms with Crippen molar-refractivity contribution in [3.8, 4) is 0 Å². The molecular weight excluding hydrogens is 340 g/mol. The number of allylic oxidation sites excluding steroid dienone is 4. The zero-order valence-corrected chi connectivity index (χ0v) is 17.2. The second kappa shape index (κ2) is 7.54. The molecule has 0 amide bonds. The van der Waals surface area contributed by atoms with Gasteiger partial charge in [0.25, 0.3) is 0 Å². The van der Waals surface area contributed by atoms with Crippen LogP contribution in [0.1, 0.15) is 25.3 Å². The molecule has 0 heterocycles. The Balaban J connectivity index is 2.13. The average molecular weight is 367 g/mol. The van der Waals surface area contributed by atoms with Gasteiger partial charge >= 0.3 is 0 Å². The van der Waals surface area contributed by atoms with Gasteiger partial charge < -0.3 is 0 Å². The highest BCUT2D eigenvalue weighted by atomic mass is 28.3. The van der Waals surface area contributed by atoms with Crippen LogP contribution in [0.5, 0.6) is 0 Å². The van der Waals surface area contributed by atoms with Crippen molar-refractivity contribution < 1.29 is 0 Å². The fourth-order valence-corrected chi connectivity index (χ4v) is 9.94. The van der Waals surface area contributed by atoms with Crippen LogP contribution in [0.4, 0.5) is 0 Å². The van der Waals surface area contributed by atoms with Crippen LogP contribution in [0.25, 0.3) is 0 Å². The molecule has 0 saturated carbocycles. The van der Waals surface area contributed by atoms with Crippen molar-refractivity contribution in [2.75, 3.05) is 0 Å². The number of hydrogen-bond donors (Lipinski definition) is 0. The summed E-state index contributed by atoms with van der Waals surface area (Å²) < 4.78 is 0. The van der Waals surface area contributed by atoms with Gasteiger partial charge in [-0.1, -0.05) is 120 Å². The molecule has 0 aliphatic heterocycles. The van der Waals surface area contributed by atoms with Crippen LogP contribution in [0.3, 0.4) is 0 Å². The minimum Gasteiger partial charge on any atom is -0.0805 e. The molecule has 0 spiro atoms. The number of benzene rings is 3. The number of rotatable bonds is 5.